The average molecular weight is 345 g/mol. The standard InChI is InChI=1S/C17H25F2NO4/c1-9-10(14(21)23-16(2,3)4)8-11(13(19)12(9)18)20-15(22)24-17(5,6)7/h8,14,21H,1-7H3,(H,20,22). The molecule has 1 amide bonds. The van der Waals surface area contributed by atoms with Crippen LogP contribution >= 0.6 is 0 Å². The van der Waals surface area contributed by atoms with Crippen molar-refractivity contribution in [2.24, 2.45) is 0 Å². The van der Waals surface area contributed by atoms with Crippen molar-refractivity contribution in [3.63, 3.8) is 0 Å². The molecule has 2 N–H and O–H groups in total. The average Bonchev–Trinajstić information content (AvgIpc) is 2.35. The van der Waals surface area contributed by atoms with Gasteiger partial charge in [-0.25, -0.2) is 13.6 Å². The fourth-order valence-corrected chi connectivity index (χ4v) is 1.90. The van der Waals surface area contributed by atoms with Crippen molar-refractivity contribution in [1.82, 2.24) is 0 Å². The summed E-state index contributed by atoms with van der Waals surface area (Å²) in [5.41, 5.74) is -2.00. The van der Waals surface area contributed by atoms with E-state index in [0.29, 0.717) is 0 Å². The molecule has 0 fully saturated rings. The molecule has 5 nitrogen and oxygen atoms in total. The number of benzene rings is 1. The van der Waals surface area contributed by atoms with Crippen LogP contribution in [0.25, 0.3) is 0 Å². The van der Waals surface area contributed by atoms with Crippen LogP contribution in [0.15, 0.2) is 6.07 Å². The van der Waals surface area contributed by atoms with Crippen LogP contribution in [0.2, 0.25) is 0 Å². The topological polar surface area (TPSA) is 67.8 Å². The molecule has 0 saturated carbocycles. The van der Waals surface area contributed by atoms with Gasteiger partial charge in [-0.05, 0) is 60.1 Å². The van der Waals surface area contributed by atoms with Gasteiger partial charge in [0.05, 0.1) is 11.3 Å². The third kappa shape index (κ3) is 5.72. The highest BCUT2D eigenvalue weighted by molar-refractivity contribution is 5.85. The van der Waals surface area contributed by atoms with Gasteiger partial charge in [0.2, 0.25) is 0 Å². The van der Waals surface area contributed by atoms with Gasteiger partial charge in [-0.2, -0.15) is 0 Å². The van der Waals surface area contributed by atoms with Crippen molar-refractivity contribution >= 4 is 11.8 Å². The molecule has 136 valence electrons. The van der Waals surface area contributed by atoms with Crippen LogP contribution in [0.1, 0.15) is 59.0 Å². The number of carbonyl (C=O) groups excluding carboxylic acids is 1. The number of halogens is 2. The molecule has 1 atom stereocenters. The third-order valence-electron chi connectivity index (χ3n) is 2.86. The highest BCUT2D eigenvalue weighted by atomic mass is 19.2. The largest absolute Gasteiger partial charge is 0.444 e. The third-order valence-corrected chi connectivity index (χ3v) is 2.86. The van der Waals surface area contributed by atoms with Crippen LogP contribution < -0.4 is 5.32 Å². The minimum Gasteiger partial charge on any atom is -0.444 e. The van der Waals surface area contributed by atoms with Gasteiger partial charge < -0.3 is 14.6 Å². The Bertz CT molecular complexity index is 618. The fourth-order valence-electron chi connectivity index (χ4n) is 1.90. The van der Waals surface area contributed by atoms with Gasteiger partial charge in [0.25, 0.3) is 0 Å². The first-order chi connectivity index (χ1) is 10.7. The molecule has 1 rings (SSSR count). The van der Waals surface area contributed by atoms with E-state index in [9.17, 15) is 18.7 Å². The van der Waals surface area contributed by atoms with E-state index in [1.54, 1.807) is 41.5 Å². The summed E-state index contributed by atoms with van der Waals surface area (Å²) in [5, 5.41) is 12.3. The number of nitrogens with one attached hydrogen (secondary N) is 1. The first-order valence-electron chi connectivity index (χ1n) is 7.55. The second-order valence-electron chi connectivity index (χ2n) is 7.48. The maximum Gasteiger partial charge on any atom is 0.412 e. The summed E-state index contributed by atoms with van der Waals surface area (Å²) in [7, 11) is 0. The number of aliphatic hydroxyl groups excluding tert-OH is 1. The summed E-state index contributed by atoms with van der Waals surface area (Å²) >= 11 is 0. The number of carbonyl (C=O) groups is 1. The molecular weight excluding hydrogens is 320 g/mol. The maximum atomic E-state index is 14.1. The fraction of sp³-hybridized carbons (Fsp3) is 0.588. The molecule has 0 aliphatic carbocycles. The highest BCUT2D eigenvalue weighted by Gasteiger charge is 2.25. The summed E-state index contributed by atoms with van der Waals surface area (Å²) in [4.78, 5) is 11.8. The first-order valence-corrected chi connectivity index (χ1v) is 7.55. The van der Waals surface area contributed by atoms with Crippen LogP contribution in [-0.2, 0) is 9.47 Å². The lowest BCUT2D eigenvalue weighted by Gasteiger charge is -2.26. The molecule has 0 aromatic heterocycles. The quantitative estimate of drug-likeness (QED) is 0.796. The summed E-state index contributed by atoms with van der Waals surface area (Å²) in [6.07, 6.45) is -2.40. The van der Waals surface area contributed by atoms with Crippen molar-refractivity contribution in [3.05, 3.63) is 28.8 Å². The summed E-state index contributed by atoms with van der Waals surface area (Å²) < 4.78 is 38.5. The van der Waals surface area contributed by atoms with Gasteiger partial charge in [0.1, 0.15) is 5.60 Å². The Hall–Kier alpha value is -1.73. The molecule has 0 aliphatic heterocycles. The van der Waals surface area contributed by atoms with Crippen molar-refractivity contribution in [2.45, 2.75) is 66.0 Å². The van der Waals surface area contributed by atoms with Crippen LogP contribution in [0.4, 0.5) is 19.3 Å². The number of anilines is 1. The van der Waals surface area contributed by atoms with Gasteiger partial charge in [-0.1, -0.05) is 0 Å². The van der Waals surface area contributed by atoms with Crippen molar-refractivity contribution in [1.29, 1.82) is 0 Å². The Kier molecular flexibility index (Phi) is 5.95. The van der Waals surface area contributed by atoms with Crippen molar-refractivity contribution in [2.75, 3.05) is 5.32 Å². The second kappa shape index (κ2) is 7.03. The van der Waals surface area contributed by atoms with E-state index in [-0.39, 0.29) is 11.1 Å². The molecule has 0 bridgehead atoms. The van der Waals surface area contributed by atoms with Gasteiger partial charge in [-0.15, -0.1) is 0 Å². The lowest BCUT2D eigenvalue weighted by molar-refractivity contribution is -0.170. The summed E-state index contributed by atoms with van der Waals surface area (Å²) in [5.74, 6) is -2.40. The normalized spacial score (nSPS) is 13.6. The lowest BCUT2D eigenvalue weighted by Crippen LogP contribution is -2.28. The van der Waals surface area contributed by atoms with E-state index in [0.717, 1.165) is 6.07 Å². The van der Waals surface area contributed by atoms with Crippen LogP contribution in [-0.4, -0.2) is 22.4 Å². The minimum atomic E-state index is -1.47. The molecule has 7 heteroatoms. The zero-order valence-electron chi connectivity index (χ0n) is 15.1. The Morgan fingerprint density at radius 1 is 1.12 bits per heavy atom. The monoisotopic (exact) mass is 345 g/mol. The molecule has 0 aliphatic rings. The molecule has 1 aromatic rings. The number of rotatable bonds is 3. The SMILES string of the molecule is Cc1c(C(O)OC(C)(C)C)cc(NC(=O)OC(C)(C)C)c(F)c1F. The smallest absolute Gasteiger partial charge is 0.412 e. The maximum absolute atomic E-state index is 14.1. The van der Waals surface area contributed by atoms with Crippen LogP contribution in [0.5, 0.6) is 0 Å². The molecule has 24 heavy (non-hydrogen) atoms. The van der Waals surface area contributed by atoms with Crippen LogP contribution in [0.3, 0.4) is 0 Å². The Balaban J connectivity index is 3.17. The molecule has 0 saturated heterocycles. The first kappa shape index (κ1) is 20.3. The number of ether oxygens (including phenoxy) is 2. The van der Waals surface area contributed by atoms with E-state index in [1.165, 1.54) is 6.92 Å². The number of amides is 1. The highest BCUT2D eigenvalue weighted by Crippen LogP contribution is 2.31. The van der Waals surface area contributed by atoms with Gasteiger partial charge in [0, 0.05) is 5.56 Å². The molecule has 1 unspecified atom stereocenters. The van der Waals surface area contributed by atoms with Crippen molar-refractivity contribution < 1.29 is 28.2 Å². The molecule has 0 radical (unpaired) electrons. The molecule has 0 heterocycles. The Morgan fingerprint density at radius 3 is 2.12 bits per heavy atom. The van der Waals surface area contributed by atoms with Gasteiger partial charge in [-0.3, -0.25) is 5.32 Å². The molecular formula is C17H25F2NO4. The van der Waals surface area contributed by atoms with E-state index >= 15 is 0 Å². The van der Waals surface area contributed by atoms with Gasteiger partial charge in [0.15, 0.2) is 17.9 Å². The van der Waals surface area contributed by atoms with E-state index in [1.807, 2.05) is 0 Å². The van der Waals surface area contributed by atoms with E-state index < -0.39 is 40.9 Å². The number of aliphatic hydroxyl groups is 1. The number of hydrogen-bond donors (Lipinski definition) is 2. The predicted octanol–water partition coefficient (Wildman–Crippen LogP) is 4.43. The Morgan fingerprint density at radius 2 is 1.67 bits per heavy atom. The van der Waals surface area contributed by atoms with E-state index in [4.69, 9.17) is 9.47 Å². The zero-order chi connectivity index (χ0) is 18.9. The predicted molar refractivity (Wildman–Crippen MR) is 86.7 cm³/mol. The van der Waals surface area contributed by atoms with E-state index in [2.05, 4.69) is 5.32 Å². The molecule has 0 spiro atoms. The number of hydrogen-bond acceptors (Lipinski definition) is 4. The second-order valence-corrected chi connectivity index (χ2v) is 7.48. The summed E-state index contributed by atoms with van der Waals surface area (Å²) in [6.45, 7) is 11.4. The Labute approximate surface area is 141 Å². The molecule has 1 aromatic carbocycles. The van der Waals surface area contributed by atoms with Crippen LogP contribution in [0, 0.1) is 18.6 Å². The zero-order valence-corrected chi connectivity index (χ0v) is 15.1. The van der Waals surface area contributed by atoms with Crippen molar-refractivity contribution in [3.8, 4) is 0 Å². The minimum absolute atomic E-state index is 0.0230. The summed E-state index contributed by atoms with van der Waals surface area (Å²) in [6, 6.07) is 1.13. The lowest BCUT2D eigenvalue weighted by atomic mass is 10.1. The van der Waals surface area contributed by atoms with Gasteiger partial charge >= 0.3 is 6.09 Å².